The highest BCUT2D eigenvalue weighted by atomic mass is 19.3. The highest BCUT2D eigenvalue weighted by molar-refractivity contribution is 5.68. The standard InChI is InChI=1S/C27H42F2N2O5/c1-5-12-22(31-25(34)36-26(2,3)4)27(28,29)23(32)21(17-19-13-8-6-9-14-19)30-24(33)35-18-20-15-10-7-11-16-20/h7,10-11,15-16,19,21-23,32H,5-6,8-9,12-14,17-18H2,1-4H3,(H,30,33)(H,31,34). The van der Waals surface area contributed by atoms with Gasteiger partial charge in [0.25, 0.3) is 5.92 Å². The first-order valence-corrected chi connectivity index (χ1v) is 12.9. The quantitative estimate of drug-likeness (QED) is 0.341. The van der Waals surface area contributed by atoms with Crippen molar-refractivity contribution in [1.82, 2.24) is 10.6 Å². The minimum absolute atomic E-state index is 0.0199. The molecule has 7 nitrogen and oxygen atoms in total. The largest absolute Gasteiger partial charge is 0.445 e. The van der Waals surface area contributed by atoms with Gasteiger partial charge in [-0.15, -0.1) is 0 Å². The number of benzene rings is 1. The van der Waals surface area contributed by atoms with E-state index >= 15 is 8.78 Å². The lowest BCUT2D eigenvalue weighted by Gasteiger charge is -2.37. The Hall–Kier alpha value is -2.42. The van der Waals surface area contributed by atoms with Crippen molar-refractivity contribution >= 4 is 12.2 Å². The van der Waals surface area contributed by atoms with Gasteiger partial charge in [-0.1, -0.05) is 75.8 Å². The molecule has 36 heavy (non-hydrogen) atoms. The van der Waals surface area contributed by atoms with Gasteiger partial charge in [0.1, 0.15) is 18.3 Å². The Balaban J connectivity index is 2.15. The average molecular weight is 513 g/mol. The maximum absolute atomic E-state index is 15.7. The van der Waals surface area contributed by atoms with Crippen LogP contribution in [0.5, 0.6) is 0 Å². The van der Waals surface area contributed by atoms with Gasteiger partial charge in [-0.05, 0) is 45.1 Å². The van der Waals surface area contributed by atoms with Crippen LogP contribution < -0.4 is 10.6 Å². The van der Waals surface area contributed by atoms with Crippen LogP contribution in [0.4, 0.5) is 18.4 Å². The fraction of sp³-hybridized carbons (Fsp3) is 0.704. The van der Waals surface area contributed by atoms with E-state index in [1.807, 2.05) is 6.07 Å². The zero-order valence-electron chi connectivity index (χ0n) is 21.9. The van der Waals surface area contributed by atoms with Crippen molar-refractivity contribution in [3.63, 3.8) is 0 Å². The molecule has 2 rings (SSSR count). The lowest BCUT2D eigenvalue weighted by molar-refractivity contribution is -0.145. The SMILES string of the molecule is CCCC(NC(=O)OC(C)(C)C)C(F)(F)C(O)C(CC1CCCCC1)NC(=O)OCc1ccccc1. The highest BCUT2D eigenvalue weighted by Crippen LogP contribution is 2.33. The third-order valence-electron chi connectivity index (χ3n) is 6.34. The molecule has 1 aromatic rings. The maximum Gasteiger partial charge on any atom is 0.408 e. The molecule has 0 aliphatic heterocycles. The summed E-state index contributed by atoms with van der Waals surface area (Å²) in [6, 6.07) is 6.10. The zero-order chi connectivity index (χ0) is 26.8. The van der Waals surface area contributed by atoms with Crippen molar-refractivity contribution < 1.29 is 33.0 Å². The average Bonchev–Trinajstić information content (AvgIpc) is 2.81. The van der Waals surface area contributed by atoms with E-state index in [1.165, 1.54) is 0 Å². The van der Waals surface area contributed by atoms with E-state index in [0.717, 1.165) is 37.7 Å². The smallest absolute Gasteiger partial charge is 0.408 e. The first kappa shape index (κ1) is 29.8. The van der Waals surface area contributed by atoms with E-state index in [0.29, 0.717) is 6.42 Å². The molecule has 1 aliphatic rings. The zero-order valence-corrected chi connectivity index (χ0v) is 21.9. The molecule has 0 heterocycles. The van der Waals surface area contributed by atoms with Crippen LogP contribution in [0.25, 0.3) is 0 Å². The van der Waals surface area contributed by atoms with Crippen molar-refractivity contribution in [2.45, 2.75) is 115 Å². The summed E-state index contributed by atoms with van der Waals surface area (Å²) in [5.74, 6) is -3.62. The molecule has 2 amide bonds. The summed E-state index contributed by atoms with van der Waals surface area (Å²) < 4.78 is 41.7. The number of hydrogen-bond acceptors (Lipinski definition) is 5. The Morgan fingerprint density at radius 1 is 1.06 bits per heavy atom. The lowest BCUT2D eigenvalue weighted by atomic mass is 9.82. The molecular formula is C27H42F2N2O5. The number of halogens is 2. The summed E-state index contributed by atoms with van der Waals surface area (Å²) in [4.78, 5) is 24.8. The van der Waals surface area contributed by atoms with Crippen molar-refractivity contribution in [2.24, 2.45) is 5.92 Å². The molecule has 0 spiro atoms. The molecule has 0 aromatic heterocycles. The van der Waals surface area contributed by atoms with Crippen LogP contribution in [0, 0.1) is 5.92 Å². The fourth-order valence-electron chi connectivity index (χ4n) is 4.54. The van der Waals surface area contributed by atoms with Crippen LogP contribution in [0.1, 0.15) is 84.6 Å². The Kier molecular flexibility index (Phi) is 11.4. The highest BCUT2D eigenvalue weighted by Gasteiger charge is 2.51. The molecular weight excluding hydrogens is 470 g/mol. The lowest BCUT2D eigenvalue weighted by Crippen LogP contribution is -2.60. The van der Waals surface area contributed by atoms with Crippen molar-refractivity contribution in [3.8, 4) is 0 Å². The summed E-state index contributed by atoms with van der Waals surface area (Å²) >= 11 is 0. The van der Waals surface area contributed by atoms with Crippen LogP contribution in [0.15, 0.2) is 30.3 Å². The number of carbonyl (C=O) groups excluding carboxylic acids is 2. The topological polar surface area (TPSA) is 96.9 Å². The number of rotatable bonds is 11. The minimum atomic E-state index is -3.72. The predicted molar refractivity (Wildman–Crippen MR) is 134 cm³/mol. The second-order valence-corrected chi connectivity index (χ2v) is 10.7. The number of alkyl carbamates (subject to hydrolysis) is 2. The minimum Gasteiger partial charge on any atom is -0.445 e. The van der Waals surface area contributed by atoms with Gasteiger partial charge < -0.3 is 25.2 Å². The van der Waals surface area contributed by atoms with Crippen molar-refractivity contribution in [3.05, 3.63) is 35.9 Å². The Labute approximate surface area is 213 Å². The molecule has 9 heteroatoms. The summed E-state index contributed by atoms with van der Waals surface area (Å²) in [5, 5.41) is 15.7. The number of ether oxygens (including phenoxy) is 2. The molecule has 1 aliphatic carbocycles. The number of hydrogen-bond donors (Lipinski definition) is 3. The molecule has 0 bridgehead atoms. The van der Waals surface area contributed by atoms with Gasteiger partial charge in [0.05, 0.1) is 12.1 Å². The number of nitrogens with one attached hydrogen (secondary N) is 2. The van der Waals surface area contributed by atoms with Crippen LogP contribution in [-0.4, -0.2) is 47.0 Å². The van der Waals surface area contributed by atoms with E-state index in [2.05, 4.69) is 10.6 Å². The Bertz CT molecular complexity index is 810. The molecule has 0 saturated heterocycles. The number of aliphatic hydroxyl groups excluding tert-OH is 1. The summed E-state index contributed by atoms with van der Waals surface area (Å²) in [5.41, 5.74) is -0.102. The number of alkyl halides is 2. The Morgan fingerprint density at radius 2 is 1.69 bits per heavy atom. The normalized spacial score (nSPS) is 17.5. The monoisotopic (exact) mass is 512 g/mol. The van der Waals surface area contributed by atoms with Crippen LogP contribution >= 0.6 is 0 Å². The second-order valence-electron chi connectivity index (χ2n) is 10.7. The summed E-state index contributed by atoms with van der Waals surface area (Å²) in [6.45, 7) is 6.61. The first-order chi connectivity index (χ1) is 16.9. The number of amides is 2. The second kappa shape index (κ2) is 13.8. The molecule has 3 unspecified atom stereocenters. The molecule has 3 atom stereocenters. The third-order valence-corrected chi connectivity index (χ3v) is 6.34. The Morgan fingerprint density at radius 3 is 2.28 bits per heavy atom. The maximum atomic E-state index is 15.7. The molecule has 3 N–H and O–H groups in total. The summed E-state index contributed by atoms with van der Waals surface area (Å²) in [7, 11) is 0. The first-order valence-electron chi connectivity index (χ1n) is 12.9. The van der Waals surface area contributed by atoms with Crippen LogP contribution in [0.2, 0.25) is 0 Å². The van der Waals surface area contributed by atoms with Crippen molar-refractivity contribution in [1.29, 1.82) is 0 Å². The van der Waals surface area contributed by atoms with Gasteiger partial charge in [-0.25, -0.2) is 18.4 Å². The van der Waals surface area contributed by atoms with E-state index in [-0.39, 0.29) is 25.4 Å². The third kappa shape index (κ3) is 9.91. The van der Waals surface area contributed by atoms with Gasteiger partial charge in [-0.3, -0.25) is 0 Å². The summed E-state index contributed by atoms with van der Waals surface area (Å²) in [6.07, 6.45) is 1.16. The van der Waals surface area contributed by atoms with Crippen LogP contribution in [-0.2, 0) is 16.1 Å². The fourth-order valence-corrected chi connectivity index (χ4v) is 4.54. The van der Waals surface area contributed by atoms with Gasteiger partial charge in [-0.2, -0.15) is 0 Å². The number of aliphatic hydroxyl groups is 1. The number of carbonyl (C=O) groups is 2. The molecule has 1 fully saturated rings. The molecule has 1 aromatic carbocycles. The van der Waals surface area contributed by atoms with Crippen molar-refractivity contribution in [2.75, 3.05) is 0 Å². The van der Waals surface area contributed by atoms with Gasteiger partial charge >= 0.3 is 12.2 Å². The molecule has 204 valence electrons. The van der Waals surface area contributed by atoms with Gasteiger partial charge in [0, 0.05) is 0 Å². The predicted octanol–water partition coefficient (Wildman–Crippen LogP) is 5.94. The van der Waals surface area contributed by atoms with E-state index < -0.39 is 41.9 Å². The van der Waals surface area contributed by atoms with Gasteiger partial charge in [0.15, 0.2) is 0 Å². The van der Waals surface area contributed by atoms with E-state index in [4.69, 9.17) is 9.47 Å². The van der Waals surface area contributed by atoms with E-state index in [1.54, 1.807) is 52.0 Å². The molecule has 0 radical (unpaired) electrons. The van der Waals surface area contributed by atoms with E-state index in [9.17, 15) is 14.7 Å². The molecule has 1 saturated carbocycles. The van der Waals surface area contributed by atoms with Crippen LogP contribution in [0.3, 0.4) is 0 Å². The van der Waals surface area contributed by atoms with Gasteiger partial charge in [0.2, 0.25) is 0 Å².